The number of amides is 1. The third-order valence-electron chi connectivity index (χ3n) is 4.06. The van der Waals surface area contributed by atoms with Crippen molar-refractivity contribution in [1.82, 2.24) is 5.32 Å². The molecule has 11 heteroatoms. The SMILES string of the molecule is CC(NC(=O)CN(c1ccc(Cl)c(Cl)c1)S(C)(=O)=O)c1ccc(S(C)(=O)=O)cc1. The Balaban J connectivity index is 2.16. The molecule has 29 heavy (non-hydrogen) atoms. The molecule has 0 fully saturated rings. The zero-order valence-electron chi connectivity index (χ0n) is 15.9. The van der Waals surface area contributed by atoms with Crippen LogP contribution in [0.3, 0.4) is 0 Å². The number of nitrogens with one attached hydrogen (secondary N) is 1. The molecule has 0 aliphatic rings. The fourth-order valence-electron chi connectivity index (χ4n) is 2.54. The normalized spacial score (nSPS) is 13.0. The molecule has 0 heterocycles. The zero-order chi connectivity index (χ0) is 22.0. The van der Waals surface area contributed by atoms with Crippen LogP contribution < -0.4 is 9.62 Å². The molecule has 0 aliphatic heterocycles. The van der Waals surface area contributed by atoms with E-state index in [0.717, 1.165) is 16.8 Å². The number of sulfone groups is 1. The Hall–Kier alpha value is -1.81. The predicted molar refractivity (Wildman–Crippen MR) is 115 cm³/mol. The van der Waals surface area contributed by atoms with E-state index < -0.39 is 38.4 Å². The molecule has 7 nitrogen and oxygen atoms in total. The maximum absolute atomic E-state index is 12.5. The Labute approximate surface area is 180 Å². The second-order valence-electron chi connectivity index (χ2n) is 6.50. The van der Waals surface area contributed by atoms with Crippen LogP contribution in [0.2, 0.25) is 10.0 Å². The predicted octanol–water partition coefficient (Wildman–Crippen LogP) is 3.04. The van der Waals surface area contributed by atoms with E-state index in [0.29, 0.717) is 5.56 Å². The number of rotatable bonds is 7. The summed E-state index contributed by atoms with van der Waals surface area (Å²) in [6.07, 6.45) is 2.09. The average molecular weight is 479 g/mol. The number of halogens is 2. The van der Waals surface area contributed by atoms with Gasteiger partial charge in [-0.1, -0.05) is 35.3 Å². The van der Waals surface area contributed by atoms with Gasteiger partial charge < -0.3 is 5.32 Å². The number of anilines is 1. The van der Waals surface area contributed by atoms with Crippen LogP contribution in [-0.4, -0.2) is 41.8 Å². The third kappa shape index (κ3) is 6.33. The summed E-state index contributed by atoms with van der Waals surface area (Å²) in [5.74, 6) is -0.541. The molecule has 1 N–H and O–H groups in total. The maximum atomic E-state index is 12.5. The van der Waals surface area contributed by atoms with Crippen molar-refractivity contribution >= 4 is 54.7 Å². The standard InChI is InChI=1S/C18H20Cl2N2O5S2/c1-12(13-4-7-15(8-5-13)28(2,24)25)21-18(23)11-22(29(3,26)27)14-6-9-16(19)17(20)10-14/h4-10,12H,11H2,1-3H3,(H,21,23). The molecule has 0 aromatic heterocycles. The fourth-order valence-corrected chi connectivity index (χ4v) is 4.32. The summed E-state index contributed by atoms with van der Waals surface area (Å²) < 4.78 is 48.3. The highest BCUT2D eigenvalue weighted by molar-refractivity contribution is 7.92. The van der Waals surface area contributed by atoms with Crippen LogP contribution in [0.25, 0.3) is 0 Å². The molecular formula is C18H20Cl2N2O5S2. The van der Waals surface area contributed by atoms with Crippen molar-refractivity contribution in [3.63, 3.8) is 0 Å². The maximum Gasteiger partial charge on any atom is 0.241 e. The Morgan fingerprint density at radius 3 is 2.07 bits per heavy atom. The van der Waals surface area contributed by atoms with Gasteiger partial charge in [0.15, 0.2) is 9.84 Å². The highest BCUT2D eigenvalue weighted by atomic mass is 35.5. The van der Waals surface area contributed by atoms with Crippen LogP contribution >= 0.6 is 23.2 Å². The molecule has 2 rings (SSSR count). The first-order chi connectivity index (χ1) is 13.3. The molecule has 0 bridgehead atoms. The van der Waals surface area contributed by atoms with Crippen LogP contribution in [0, 0.1) is 0 Å². The van der Waals surface area contributed by atoms with E-state index in [4.69, 9.17) is 23.2 Å². The third-order valence-corrected chi connectivity index (χ3v) is 7.07. The van der Waals surface area contributed by atoms with Gasteiger partial charge in [-0.3, -0.25) is 9.10 Å². The highest BCUT2D eigenvalue weighted by Gasteiger charge is 2.22. The Bertz CT molecular complexity index is 1120. The molecule has 1 atom stereocenters. The summed E-state index contributed by atoms with van der Waals surface area (Å²) in [5.41, 5.74) is 0.883. The number of carbonyl (C=O) groups is 1. The highest BCUT2D eigenvalue weighted by Crippen LogP contribution is 2.28. The van der Waals surface area contributed by atoms with Crippen molar-refractivity contribution in [2.45, 2.75) is 17.9 Å². The molecular weight excluding hydrogens is 459 g/mol. The Kier molecular flexibility index (Phi) is 7.21. The Morgan fingerprint density at radius 2 is 1.59 bits per heavy atom. The number of nitrogens with zero attached hydrogens (tertiary/aromatic N) is 1. The molecule has 0 saturated heterocycles. The van der Waals surface area contributed by atoms with Crippen LogP contribution in [0.1, 0.15) is 18.5 Å². The van der Waals surface area contributed by atoms with Crippen LogP contribution in [0.15, 0.2) is 47.4 Å². The lowest BCUT2D eigenvalue weighted by Crippen LogP contribution is -2.41. The first kappa shape index (κ1) is 23.5. The largest absolute Gasteiger partial charge is 0.348 e. The zero-order valence-corrected chi connectivity index (χ0v) is 19.0. The molecule has 0 saturated carbocycles. The van der Waals surface area contributed by atoms with Gasteiger partial charge >= 0.3 is 0 Å². The van der Waals surface area contributed by atoms with Crippen molar-refractivity contribution < 1.29 is 21.6 Å². The van der Waals surface area contributed by atoms with Crippen LogP contribution in [0.4, 0.5) is 5.69 Å². The Morgan fingerprint density at radius 1 is 1.00 bits per heavy atom. The molecule has 2 aromatic carbocycles. The lowest BCUT2D eigenvalue weighted by molar-refractivity contribution is -0.120. The lowest BCUT2D eigenvalue weighted by atomic mass is 10.1. The van der Waals surface area contributed by atoms with Gasteiger partial charge in [0.1, 0.15) is 6.54 Å². The molecule has 0 aliphatic carbocycles. The minimum atomic E-state index is -3.76. The van der Waals surface area contributed by atoms with Gasteiger partial charge in [0, 0.05) is 6.26 Å². The second-order valence-corrected chi connectivity index (χ2v) is 11.2. The van der Waals surface area contributed by atoms with Gasteiger partial charge in [0.25, 0.3) is 0 Å². The minimum Gasteiger partial charge on any atom is -0.348 e. The van der Waals surface area contributed by atoms with E-state index in [2.05, 4.69) is 5.32 Å². The van der Waals surface area contributed by atoms with Crippen molar-refractivity contribution in [2.24, 2.45) is 0 Å². The van der Waals surface area contributed by atoms with Gasteiger partial charge in [-0.15, -0.1) is 0 Å². The quantitative estimate of drug-likeness (QED) is 0.658. The summed E-state index contributed by atoms with van der Waals surface area (Å²) in [4.78, 5) is 12.6. The van der Waals surface area contributed by atoms with Gasteiger partial charge in [-0.2, -0.15) is 0 Å². The van der Waals surface area contributed by atoms with Crippen molar-refractivity contribution in [1.29, 1.82) is 0 Å². The molecule has 0 spiro atoms. The summed E-state index contributed by atoms with van der Waals surface area (Å²) >= 11 is 11.8. The van der Waals surface area contributed by atoms with Gasteiger partial charge in [0.05, 0.1) is 32.9 Å². The number of hydrogen-bond acceptors (Lipinski definition) is 5. The minimum absolute atomic E-state index is 0.164. The molecule has 1 amide bonds. The van der Waals surface area contributed by atoms with E-state index in [1.165, 1.54) is 30.3 Å². The lowest BCUT2D eigenvalue weighted by Gasteiger charge is -2.23. The van der Waals surface area contributed by atoms with Crippen LogP contribution in [0.5, 0.6) is 0 Å². The topological polar surface area (TPSA) is 101 Å². The van der Waals surface area contributed by atoms with Crippen molar-refractivity contribution in [2.75, 3.05) is 23.4 Å². The van der Waals surface area contributed by atoms with Crippen molar-refractivity contribution in [3.05, 3.63) is 58.1 Å². The molecule has 2 aromatic rings. The number of benzene rings is 2. The van der Waals surface area contributed by atoms with E-state index >= 15 is 0 Å². The number of carbonyl (C=O) groups excluding carboxylic acids is 1. The first-order valence-electron chi connectivity index (χ1n) is 8.31. The van der Waals surface area contributed by atoms with E-state index in [1.54, 1.807) is 19.1 Å². The first-order valence-corrected chi connectivity index (χ1v) is 12.8. The van der Waals surface area contributed by atoms with Gasteiger partial charge in [0.2, 0.25) is 15.9 Å². The summed E-state index contributed by atoms with van der Waals surface area (Å²) in [6.45, 7) is 1.25. The van der Waals surface area contributed by atoms with Gasteiger partial charge in [-0.05, 0) is 42.8 Å². The summed E-state index contributed by atoms with van der Waals surface area (Å²) in [7, 11) is -7.08. The summed E-state index contributed by atoms with van der Waals surface area (Å²) in [5, 5.41) is 3.13. The van der Waals surface area contributed by atoms with E-state index in [9.17, 15) is 21.6 Å². The van der Waals surface area contributed by atoms with E-state index in [1.807, 2.05) is 0 Å². The van der Waals surface area contributed by atoms with Gasteiger partial charge in [-0.25, -0.2) is 16.8 Å². The van der Waals surface area contributed by atoms with E-state index in [-0.39, 0.29) is 20.6 Å². The van der Waals surface area contributed by atoms with Crippen LogP contribution in [-0.2, 0) is 24.7 Å². The fraction of sp³-hybridized carbons (Fsp3) is 0.278. The average Bonchev–Trinajstić information content (AvgIpc) is 2.60. The second kappa shape index (κ2) is 8.91. The smallest absolute Gasteiger partial charge is 0.241 e. The van der Waals surface area contributed by atoms with Crippen molar-refractivity contribution in [3.8, 4) is 0 Å². The number of hydrogen-bond donors (Lipinski definition) is 1. The molecule has 1 unspecified atom stereocenters. The summed E-state index contributed by atoms with van der Waals surface area (Å²) in [6, 6.07) is 9.88. The molecule has 158 valence electrons. The monoisotopic (exact) mass is 478 g/mol. The molecule has 0 radical (unpaired) electrons. The number of sulfonamides is 1.